The first kappa shape index (κ1) is 14.2. The van der Waals surface area contributed by atoms with E-state index < -0.39 is 36.2 Å². The van der Waals surface area contributed by atoms with Crippen molar-refractivity contribution in [2.24, 2.45) is 17.2 Å². The molecule has 0 aliphatic carbocycles. The molecule has 9 nitrogen and oxygen atoms in total. The summed E-state index contributed by atoms with van der Waals surface area (Å²) in [6.07, 6.45) is -4.15. The standard InChI is InChI=1S/C6H15N3O6/c7-4(13)6(9,15)5(8,14)3(12)2(11)1-10/h2-3,10-12,14-15H,1,8-9H2,(H2,7,13)/t2-,3-,5+,6+/m1/s1. The zero-order chi connectivity index (χ0) is 12.4. The molecule has 0 radical (unpaired) electrons. The van der Waals surface area contributed by atoms with E-state index >= 15 is 0 Å². The summed E-state index contributed by atoms with van der Waals surface area (Å²) < 4.78 is 0. The molecular formula is C6H15N3O6. The number of nitrogens with two attached hydrogens (primary N) is 3. The van der Waals surface area contributed by atoms with Crippen molar-refractivity contribution in [3.05, 3.63) is 0 Å². The number of rotatable bonds is 5. The minimum atomic E-state index is -3.15. The van der Waals surface area contributed by atoms with Gasteiger partial charge in [-0.05, 0) is 0 Å². The van der Waals surface area contributed by atoms with Gasteiger partial charge >= 0.3 is 0 Å². The highest BCUT2D eigenvalue weighted by Gasteiger charge is 2.55. The molecule has 0 aliphatic heterocycles. The quantitative estimate of drug-likeness (QED) is 0.212. The molecule has 0 aromatic rings. The zero-order valence-electron chi connectivity index (χ0n) is 7.74. The summed E-state index contributed by atoms with van der Waals surface area (Å²) in [5.74, 6) is -1.60. The highest BCUT2D eigenvalue weighted by atomic mass is 16.4. The third-order valence-electron chi connectivity index (χ3n) is 1.99. The molecule has 0 bridgehead atoms. The molecule has 9 heteroatoms. The van der Waals surface area contributed by atoms with Gasteiger partial charge in [-0.1, -0.05) is 0 Å². The van der Waals surface area contributed by atoms with Crippen molar-refractivity contribution in [3.8, 4) is 0 Å². The van der Waals surface area contributed by atoms with Gasteiger partial charge in [0.15, 0.2) is 5.72 Å². The van der Waals surface area contributed by atoms with E-state index in [0.29, 0.717) is 0 Å². The van der Waals surface area contributed by atoms with Gasteiger partial charge in [0, 0.05) is 0 Å². The number of hydrogen-bond acceptors (Lipinski definition) is 8. The molecule has 0 heterocycles. The Morgan fingerprint density at radius 1 is 1.27 bits per heavy atom. The first-order valence-corrected chi connectivity index (χ1v) is 3.88. The number of primary amides is 1. The van der Waals surface area contributed by atoms with Crippen molar-refractivity contribution in [3.63, 3.8) is 0 Å². The van der Waals surface area contributed by atoms with Crippen molar-refractivity contribution in [1.29, 1.82) is 0 Å². The van der Waals surface area contributed by atoms with Crippen LogP contribution in [0.15, 0.2) is 0 Å². The van der Waals surface area contributed by atoms with Crippen LogP contribution in [0.25, 0.3) is 0 Å². The van der Waals surface area contributed by atoms with Crippen LogP contribution in [0.3, 0.4) is 0 Å². The van der Waals surface area contributed by atoms with Crippen LogP contribution in [0, 0.1) is 0 Å². The molecular weight excluding hydrogens is 210 g/mol. The Morgan fingerprint density at radius 2 is 1.67 bits per heavy atom. The second-order valence-electron chi connectivity index (χ2n) is 3.15. The minimum Gasteiger partial charge on any atom is -0.394 e. The van der Waals surface area contributed by atoms with E-state index in [0.717, 1.165) is 0 Å². The molecule has 0 aliphatic rings. The lowest BCUT2D eigenvalue weighted by molar-refractivity contribution is -0.219. The molecule has 90 valence electrons. The predicted octanol–water partition coefficient (Wildman–Crippen LogP) is -5.52. The van der Waals surface area contributed by atoms with Crippen LogP contribution < -0.4 is 17.2 Å². The largest absolute Gasteiger partial charge is 0.394 e. The fourth-order valence-electron chi connectivity index (χ4n) is 0.816. The van der Waals surface area contributed by atoms with Crippen LogP contribution >= 0.6 is 0 Å². The maximum Gasteiger partial charge on any atom is 0.269 e. The molecule has 0 fully saturated rings. The van der Waals surface area contributed by atoms with Gasteiger partial charge in [0.05, 0.1) is 6.61 Å². The molecule has 0 saturated carbocycles. The van der Waals surface area contributed by atoms with E-state index in [1.807, 2.05) is 0 Å². The molecule has 11 N–H and O–H groups in total. The van der Waals surface area contributed by atoms with Crippen LogP contribution in [0.5, 0.6) is 0 Å². The van der Waals surface area contributed by atoms with Crippen LogP contribution in [0.4, 0.5) is 0 Å². The Balaban J connectivity index is 5.04. The smallest absolute Gasteiger partial charge is 0.269 e. The SMILES string of the molecule is NC(=O)[C@](N)(O)[C@@](N)(O)[C@H](O)[C@H](O)CO. The molecule has 0 rings (SSSR count). The van der Waals surface area contributed by atoms with E-state index in [1.165, 1.54) is 0 Å². The summed E-state index contributed by atoms with van der Waals surface area (Å²) in [4.78, 5) is 10.6. The predicted molar refractivity (Wildman–Crippen MR) is 46.6 cm³/mol. The second-order valence-corrected chi connectivity index (χ2v) is 3.15. The van der Waals surface area contributed by atoms with E-state index in [4.69, 9.17) is 21.7 Å². The van der Waals surface area contributed by atoms with Gasteiger partial charge in [-0.2, -0.15) is 0 Å². The van der Waals surface area contributed by atoms with Gasteiger partial charge in [0.25, 0.3) is 5.91 Å². The highest BCUT2D eigenvalue weighted by Crippen LogP contribution is 2.18. The van der Waals surface area contributed by atoms with E-state index in [-0.39, 0.29) is 0 Å². The molecule has 0 aromatic carbocycles. The van der Waals surface area contributed by atoms with Crippen LogP contribution in [0.2, 0.25) is 0 Å². The van der Waals surface area contributed by atoms with Crippen LogP contribution in [0.1, 0.15) is 0 Å². The lowest BCUT2D eigenvalue weighted by atomic mass is 9.91. The van der Waals surface area contributed by atoms with E-state index in [2.05, 4.69) is 5.73 Å². The number of amides is 1. The molecule has 4 atom stereocenters. The van der Waals surface area contributed by atoms with Crippen LogP contribution in [-0.4, -0.2) is 61.7 Å². The topological polar surface area (TPSA) is 196 Å². The summed E-state index contributed by atoms with van der Waals surface area (Å²) in [5.41, 5.74) is 8.24. The van der Waals surface area contributed by atoms with Gasteiger partial charge in [-0.25, -0.2) is 0 Å². The molecule has 15 heavy (non-hydrogen) atoms. The Bertz CT molecular complexity index is 243. The fourth-order valence-corrected chi connectivity index (χ4v) is 0.816. The normalized spacial score (nSPS) is 23.7. The van der Waals surface area contributed by atoms with E-state index in [1.54, 1.807) is 0 Å². The lowest BCUT2D eigenvalue weighted by Crippen LogP contribution is -2.78. The van der Waals surface area contributed by atoms with Crippen molar-refractivity contribution < 1.29 is 30.3 Å². The van der Waals surface area contributed by atoms with Crippen molar-refractivity contribution in [2.45, 2.75) is 23.7 Å². The maximum absolute atomic E-state index is 10.6. The highest BCUT2D eigenvalue weighted by molar-refractivity contribution is 5.84. The molecule has 0 spiro atoms. The van der Waals surface area contributed by atoms with Gasteiger partial charge < -0.3 is 31.3 Å². The van der Waals surface area contributed by atoms with Crippen molar-refractivity contribution in [2.75, 3.05) is 6.61 Å². The average Bonchev–Trinajstić information content (AvgIpc) is 2.14. The summed E-state index contributed by atoms with van der Waals surface area (Å²) >= 11 is 0. The van der Waals surface area contributed by atoms with E-state index in [9.17, 15) is 20.1 Å². The summed E-state index contributed by atoms with van der Waals surface area (Å²) in [6, 6.07) is 0. The number of aliphatic hydroxyl groups excluding tert-OH is 3. The first-order chi connectivity index (χ1) is 6.59. The van der Waals surface area contributed by atoms with Crippen LogP contribution in [-0.2, 0) is 4.79 Å². The number of carbonyl (C=O) groups is 1. The molecule has 0 saturated heterocycles. The Morgan fingerprint density at radius 3 is 1.93 bits per heavy atom. The molecule has 0 aromatic heterocycles. The minimum absolute atomic E-state index is 0.963. The van der Waals surface area contributed by atoms with Crippen molar-refractivity contribution >= 4 is 5.91 Å². The van der Waals surface area contributed by atoms with Gasteiger partial charge in [-0.15, -0.1) is 0 Å². The number of aliphatic hydroxyl groups is 5. The Hall–Kier alpha value is -0.810. The maximum atomic E-state index is 10.6. The monoisotopic (exact) mass is 225 g/mol. The Labute approximate surface area is 84.7 Å². The van der Waals surface area contributed by atoms with Gasteiger partial charge in [-0.3, -0.25) is 16.3 Å². The lowest BCUT2D eigenvalue weighted by Gasteiger charge is -2.39. The first-order valence-electron chi connectivity index (χ1n) is 3.88. The summed E-state index contributed by atoms with van der Waals surface area (Å²) in [7, 11) is 0. The average molecular weight is 225 g/mol. The summed E-state index contributed by atoms with van der Waals surface area (Å²) in [5, 5.41) is 45.2. The summed E-state index contributed by atoms with van der Waals surface area (Å²) in [6.45, 7) is -0.963. The third-order valence-corrected chi connectivity index (χ3v) is 1.99. The van der Waals surface area contributed by atoms with Crippen molar-refractivity contribution in [1.82, 2.24) is 0 Å². The molecule has 0 unspecified atom stereocenters. The van der Waals surface area contributed by atoms with Gasteiger partial charge in [0.1, 0.15) is 12.2 Å². The third kappa shape index (κ3) is 2.41. The number of carbonyl (C=O) groups excluding carboxylic acids is 1. The molecule has 1 amide bonds. The fraction of sp³-hybridized carbons (Fsp3) is 0.833. The number of hydrogen-bond donors (Lipinski definition) is 8. The second kappa shape index (κ2) is 4.37. The zero-order valence-corrected chi connectivity index (χ0v) is 7.74. The Kier molecular flexibility index (Phi) is 4.13. The van der Waals surface area contributed by atoms with Gasteiger partial charge in [0.2, 0.25) is 5.72 Å².